The van der Waals surface area contributed by atoms with Crippen molar-refractivity contribution >= 4 is 12.3 Å². The first-order chi connectivity index (χ1) is 5.74. The van der Waals surface area contributed by atoms with Gasteiger partial charge in [-0.3, -0.25) is 9.59 Å². The van der Waals surface area contributed by atoms with Crippen molar-refractivity contribution in [3.8, 4) is 0 Å². The second-order valence-corrected chi connectivity index (χ2v) is 3.02. The highest BCUT2D eigenvalue weighted by molar-refractivity contribution is 5.72. The summed E-state index contributed by atoms with van der Waals surface area (Å²) in [4.78, 5) is 22.5. The number of rotatable bonds is 3. The fourth-order valence-electron chi connectivity index (χ4n) is 1.43. The van der Waals surface area contributed by atoms with E-state index >= 15 is 0 Å². The standard InChI is InChI=1S/C8H13N2O2/c1-7(12)9-5-8-3-2-4-10(8)6-11/h8H,2-5H2,1H3,(H,9,12). The highest BCUT2D eigenvalue weighted by atomic mass is 16.1. The van der Waals surface area contributed by atoms with Crippen molar-refractivity contribution in [1.29, 1.82) is 0 Å². The maximum Gasteiger partial charge on any atom is 0.312 e. The number of amides is 2. The van der Waals surface area contributed by atoms with Crippen LogP contribution in [0.4, 0.5) is 0 Å². The summed E-state index contributed by atoms with van der Waals surface area (Å²) in [5.41, 5.74) is 0. The van der Waals surface area contributed by atoms with Gasteiger partial charge in [0.2, 0.25) is 5.91 Å². The van der Waals surface area contributed by atoms with Crippen LogP contribution in [0.25, 0.3) is 0 Å². The van der Waals surface area contributed by atoms with Crippen LogP contribution in [0, 0.1) is 0 Å². The van der Waals surface area contributed by atoms with Crippen molar-refractivity contribution in [3.63, 3.8) is 0 Å². The lowest BCUT2D eigenvalue weighted by molar-refractivity contribution is -0.119. The molecule has 0 aromatic carbocycles. The van der Waals surface area contributed by atoms with Crippen molar-refractivity contribution < 1.29 is 9.59 Å². The van der Waals surface area contributed by atoms with E-state index in [0.717, 1.165) is 19.4 Å². The van der Waals surface area contributed by atoms with Gasteiger partial charge in [0.05, 0.1) is 0 Å². The number of hydrogen-bond donors (Lipinski definition) is 1. The van der Waals surface area contributed by atoms with Gasteiger partial charge in [-0.1, -0.05) is 0 Å². The zero-order valence-corrected chi connectivity index (χ0v) is 7.17. The molecule has 1 rings (SSSR count). The van der Waals surface area contributed by atoms with Gasteiger partial charge < -0.3 is 10.2 Å². The summed E-state index contributed by atoms with van der Waals surface area (Å²) in [6, 6.07) is 0.159. The van der Waals surface area contributed by atoms with Gasteiger partial charge in [0.25, 0.3) is 0 Å². The molecular weight excluding hydrogens is 156 g/mol. The summed E-state index contributed by atoms with van der Waals surface area (Å²) in [6.45, 7) is 2.81. The van der Waals surface area contributed by atoms with Gasteiger partial charge >= 0.3 is 6.41 Å². The molecule has 0 bridgehead atoms. The number of hydrogen-bond acceptors (Lipinski definition) is 2. The summed E-state index contributed by atoms with van der Waals surface area (Å²) in [5, 5.41) is 2.69. The molecule has 1 atom stereocenters. The normalized spacial score (nSPS) is 22.4. The van der Waals surface area contributed by atoms with Gasteiger partial charge in [0.1, 0.15) is 0 Å². The average molecular weight is 169 g/mol. The Morgan fingerprint density at radius 2 is 2.50 bits per heavy atom. The molecule has 0 saturated carbocycles. The molecule has 1 aliphatic rings. The first-order valence-electron chi connectivity index (χ1n) is 4.13. The highest BCUT2D eigenvalue weighted by Crippen LogP contribution is 2.13. The molecule has 1 saturated heterocycles. The first kappa shape index (κ1) is 9.03. The average Bonchev–Trinajstić information content (AvgIpc) is 2.47. The molecule has 1 N–H and O–H groups in total. The van der Waals surface area contributed by atoms with E-state index < -0.39 is 0 Å². The van der Waals surface area contributed by atoms with Crippen LogP contribution < -0.4 is 5.32 Å². The van der Waals surface area contributed by atoms with Crippen LogP contribution in [-0.2, 0) is 9.59 Å². The van der Waals surface area contributed by atoms with Crippen LogP contribution in [0.3, 0.4) is 0 Å². The van der Waals surface area contributed by atoms with Gasteiger partial charge in [-0.2, -0.15) is 0 Å². The van der Waals surface area contributed by atoms with Crippen LogP contribution in [0.2, 0.25) is 0 Å². The van der Waals surface area contributed by atoms with Crippen LogP contribution in [0.5, 0.6) is 0 Å². The maximum absolute atomic E-state index is 10.6. The minimum Gasteiger partial charge on any atom is -0.354 e. The van der Waals surface area contributed by atoms with Crippen molar-refractivity contribution in [2.45, 2.75) is 25.8 Å². The van der Waals surface area contributed by atoms with E-state index in [-0.39, 0.29) is 11.9 Å². The summed E-state index contributed by atoms with van der Waals surface area (Å²) in [6.07, 6.45) is 3.85. The maximum atomic E-state index is 10.6. The second kappa shape index (κ2) is 4.09. The molecule has 1 unspecified atom stereocenters. The predicted molar refractivity (Wildman–Crippen MR) is 44.1 cm³/mol. The third-order valence-electron chi connectivity index (χ3n) is 2.08. The van der Waals surface area contributed by atoms with Crippen molar-refractivity contribution in [3.05, 3.63) is 0 Å². The molecule has 67 valence electrons. The topological polar surface area (TPSA) is 49.4 Å². The Balaban J connectivity index is 2.30. The molecule has 1 aliphatic heterocycles. The third-order valence-corrected chi connectivity index (χ3v) is 2.08. The van der Waals surface area contributed by atoms with E-state index in [1.807, 2.05) is 6.41 Å². The summed E-state index contributed by atoms with van der Waals surface area (Å²) in [5.74, 6) is -0.0484. The summed E-state index contributed by atoms with van der Waals surface area (Å²) in [7, 11) is 0. The van der Waals surface area contributed by atoms with Crippen LogP contribution in [0.1, 0.15) is 19.8 Å². The number of nitrogens with one attached hydrogen (secondary N) is 1. The van der Waals surface area contributed by atoms with Gasteiger partial charge in [0.15, 0.2) is 0 Å². The molecule has 1 heterocycles. The lowest BCUT2D eigenvalue weighted by atomic mass is 10.2. The smallest absolute Gasteiger partial charge is 0.312 e. The van der Waals surface area contributed by atoms with Crippen molar-refractivity contribution in [1.82, 2.24) is 10.2 Å². The number of nitrogens with zero attached hydrogens (tertiary/aromatic N) is 1. The van der Waals surface area contributed by atoms with Gasteiger partial charge in [-0.25, -0.2) is 0 Å². The van der Waals surface area contributed by atoms with E-state index in [2.05, 4.69) is 5.32 Å². The molecular formula is C8H13N2O2. The van der Waals surface area contributed by atoms with E-state index in [1.165, 1.54) is 6.92 Å². The first-order valence-corrected chi connectivity index (χ1v) is 4.13. The fourth-order valence-corrected chi connectivity index (χ4v) is 1.43. The Bertz CT molecular complexity index is 182. The quantitative estimate of drug-likeness (QED) is 0.628. The van der Waals surface area contributed by atoms with Gasteiger partial charge in [0, 0.05) is 26.1 Å². The number of carbonyl (C=O) groups is 1. The van der Waals surface area contributed by atoms with Crippen molar-refractivity contribution in [2.24, 2.45) is 0 Å². The monoisotopic (exact) mass is 169 g/mol. The van der Waals surface area contributed by atoms with Crippen LogP contribution in [-0.4, -0.2) is 36.3 Å². The zero-order valence-electron chi connectivity index (χ0n) is 7.17. The summed E-state index contributed by atoms with van der Waals surface area (Å²) < 4.78 is 0. The molecule has 0 aromatic heterocycles. The Hall–Kier alpha value is -1.06. The molecule has 12 heavy (non-hydrogen) atoms. The second-order valence-electron chi connectivity index (χ2n) is 3.02. The van der Waals surface area contributed by atoms with Gasteiger partial charge in [-0.15, -0.1) is 0 Å². The lowest BCUT2D eigenvalue weighted by Gasteiger charge is -2.18. The largest absolute Gasteiger partial charge is 0.354 e. The minimum absolute atomic E-state index is 0.0484. The molecule has 2 amide bonds. The summed E-state index contributed by atoms with van der Waals surface area (Å²) >= 11 is 0. The zero-order chi connectivity index (χ0) is 8.97. The predicted octanol–water partition coefficient (Wildman–Crippen LogP) is -0.346. The SMILES string of the molecule is CC(=O)NCC1CCCN1[C]=O. The molecule has 0 spiro atoms. The molecule has 4 heteroatoms. The highest BCUT2D eigenvalue weighted by Gasteiger charge is 2.23. The Labute approximate surface area is 71.9 Å². The van der Waals surface area contributed by atoms with Crippen LogP contribution >= 0.6 is 0 Å². The fraction of sp³-hybridized carbons (Fsp3) is 0.750. The van der Waals surface area contributed by atoms with E-state index in [4.69, 9.17) is 0 Å². The van der Waals surface area contributed by atoms with Crippen LogP contribution in [0.15, 0.2) is 0 Å². The van der Waals surface area contributed by atoms with E-state index in [0.29, 0.717) is 6.54 Å². The molecule has 1 radical (unpaired) electrons. The molecule has 0 aliphatic carbocycles. The third kappa shape index (κ3) is 2.22. The van der Waals surface area contributed by atoms with E-state index in [1.54, 1.807) is 4.90 Å². The number of likely N-dealkylation sites (tertiary alicyclic amines) is 1. The minimum atomic E-state index is -0.0484. The molecule has 1 fully saturated rings. The Morgan fingerprint density at radius 1 is 1.75 bits per heavy atom. The van der Waals surface area contributed by atoms with Gasteiger partial charge in [-0.05, 0) is 12.8 Å². The van der Waals surface area contributed by atoms with E-state index in [9.17, 15) is 9.59 Å². The lowest BCUT2D eigenvalue weighted by Crippen LogP contribution is -2.38. The van der Waals surface area contributed by atoms with Crippen molar-refractivity contribution in [2.75, 3.05) is 13.1 Å². The molecule has 0 aromatic rings. The Kier molecular flexibility index (Phi) is 3.08. The Morgan fingerprint density at radius 3 is 3.08 bits per heavy atom. The number of carbonyl (C=O) groups excluding carboxylic acids is 2. The molecule has 4 nitrogen and oxygen atoms in total.